The van der Waals surface area contributed by atoms with Crippen LogP contribution < -0.4 is 21.5 Å². The van der Waals surface area contributed by atoms with Gasteiger partial charge >= 0.3 is 11.9 Å². The lowest BCUT2D eigenvalue weighted by Crippen LogP contribution is -2.41. The average molecular weight is 473 g/mol. The van der Waals surface area contributed by atoms with Gasteiger partial charge in [-0.05, 0) is 30.7 Å². The van der Waals surface area contributed by atoms with Crippen LogP contribution in [0.4, 0.5) is 11.6 Å². The van der Waals surface area contributed by atoms with Gasteiger partial charge in [-0.2, -0.15) is 4.98 Å². The van der Waals surface area contributed by atoms with E-state index in [4.69, 9.17) is 10.8 Å². The first-order valence-corrected chi connectivity index (χ1v) is 9.72. The molecule has 0 saturated carbocycles. The molecule has 0 unspecified atom stereocenters. The summed E-state index contributed by atoms with van der Waals surface area (Å²) in [4.78, 5) is 62.8. The van der Waals surface area contributed by atoms with Crippen LogP contribution in [0.15, 0.2) is 35.3 Å². The van der Waals surface area contributed by atoms with Crippen LogP contribution in [0.1, 0.15) is 28.9 Å². The summed E-state index contributed by atoms with van der Waals surface area (Å²) >= 11 is 0. The van der Waals surface area contributed by atoms with E-state index in [0.717, 1.165) is 5.69 Å². The molecule has 1 amide bonds. The first kappa shape index (κ1) is 25.7. The summed E-state index contributed by atoms with van der Waals surface area (Å²) in [6.45, 7) is 0.300. The lowest BCUT2D eigenvalue weighted by molar-refractivity contribution is -0.140. The molecular weight excluding hydrogens is 450 g/mol. The van der Waals surface area contributed by atoms with Crippen molar-refractivity contribution in [3.8, 4) is 0 Å². The summed E-state index contributed by atoms with van der Waals surface area (Å²) in [5.41, 5.74) is 6.66. The van der Waals surface area contributed by atoms with E-state index < -0.39 is 29.4 Å². The minimum atomic E-state index is -1.31. The van der Waals surface area contributed by atoms with Crippen molar-refractivity contribution in [1.29, 1.82) is 0 Å². The molecule has 0 aliphatic carbocycles. The number of carboxylic acid groups (broad SMARTS) is 2. The molecule has 3 aromatic rings. The van der Waals surface area contributed by atoms with E-state index in [1.165, 1.54) is 18.3 Å². The highest BCUT2D eigenvalue weighted by atomic mass is 16.4. The Kier molecular flexibility index (Phi) is 8.17. The smallest absolute Gasteiger partial charge is 0.326 e. The van der Waals surface area contributed by atoms with Crippen LogP contribution in [-0.4, -0.2) is 66.6 Å². The fraction of sp³-hybridized carbons (Fsp3) is 0.250. The zero-order chi connectivity index (χ0) is 24.1. The Morgan fingerprint density at radius 1 is 1.18 bits per heavy atom. The Balaban J connectivity index is 0.00000408. The third-order valence-electron chi connectivity index (χ3n) is 4.71. The van der Waals surface area contributed by atoms with Crippen molar-refractivity contribution >= 4 is 40.6 Å². The average Bonchev–Trinajstić information content (AvgIpc) is 2.76. The Morgan fingerprint density at radius 3 is 2.47 bits per heavy atom. The number of nitrogens with zero attached hydrogens (tertiary/aromatic N) is 4. The number of aromatic nitrogens is 4. The number of nitrogens with two attached hydrogens (primary N) is 1. The van der Waals surface area contributed by atoms with Gasteiger partial charge in [-0.1, -0.05) is 0 Å². The summed E-state index contributed by atoms with van der Waals surface area (Å²) in [5, 5.41) is 20.2. The molecule has 14 heteroatoms. The lowest BCUT2D eigenvalue weighted by atomic mass is 10.1. The molecule has 14 nitrogen and oxygen atoms in total. The molecule has 180 valence electrons. The van der Waals surface area contributed by atoms with E-state index in [9.17, 15) is 24.3 Å². The van der Waals surface area contributed by atoms with Crippen molar-refractivity contribution in [1.82, 2.24) is 25.3 Å². The Labute approximate surface area is 191 Å². The molecule has 2 heterocycles. The predicted molar refractivity (Wildman–Crippen MR) is 120 cm³/mol. The SMILES string of the molecule is CN(Cc1cnc2nc(N)[nH]c(=O)c2n1)c1ccc(C(=O)N[C@@H](CCC(=O)O)C(=O)O)cc1.O. The fourth-order valence-electron chi connectivity index (χ4n) is 3.02. The van der Waals surface area contributed by atoms with E-state index in [1.807, 2.05) is 4.90 Å². The largest absolute Gasteiger partial charge is 0.481 e. The molecule has 0 spiro atoms. The van der Waals surface area contributed by atoms with Gasteiger partial charge in [-0.25, -0.2) is 14.8 Å². The summed E-state index contributed by atoms with van der Waals surface area (Å²) < 4.78 is 0. The number of hydrogen-bond donors (Lipinski definition) is 5. The van der Waals surface area contributed by atoms with Crippen molar-refractivity contribution in [2.45, 2.75) is 25.4 Å². The van der Waals surface area contributed by atoms with Gasteiger partial charge in [0.2, 0.25) is 5.95 Å². The minimum absolute atomic E-state index is 0. The highest BCUT2D eigenvalue weighted by molar-refractivity contribution is 5.97. The number of aliphatic carboxylic acids is 2. The fourth-order valence-corrected chi connectivity index (χ4v) is 3.02. The third kappa shape index (κ3) is 6.23. The molecule has 34 heavy (non-hydrogen) atoms. The maximum atomic E-state index is 12.4. The number of hydrogen-bond acceptors (Lipinski definition) is 9. The van der Waals surface area contributed by atoms with Gasteiger partial charge in [0.1, 0.15) is 6.04 Å². The van der Waals surface area contributed by atoms with Crippen molar-refractivity contribution in [2.75, 3.05) is 17.7 Å². The number of rotatable bonds is 9. The van der Waals surface area contributed by atoms with Gasteiger partial charge in [0.15, 0.2) is 11.2 Å². The second kappa shape index (κ2) is 10.8. The van der Waals surface area contributed by atoms with Crippen LogP contribution in [0.3, 0.4) is 0 Å². The van der Waals surface area contributed by atoms with Gasteiger partial charge in [-0.3, -0.25) is 19.4 Å². The van der Waals surface area contributed by atoms with Crippen LogP contribution >= 0.6 is 0 Å². The summed E-state index contributed by atoms with van der Waals surface area (Å²) in [5.74, 6) is -3.14. The van der Waals surface area contributed by atoms with Crippen molar-refractivity contribution in [3.63, 3.8) is 0 Å². The number of H-pyrrole nitrogens is 1. The minimum Gasteiger partial charge on any atom is -0.481 e. The molecule has 0 saturated heterocycles. The number of benzene rings is 1. The first-order valence-electron chi connectivity index (χ1n) is 9.72. The molecule has 3 rings (SSSR count). The molecular formula is C20H23N7O7. The molecule has 0 aliphatic heterocycles. The number of carboxylic acids is 2. The van der Waals surface area contributed by atoms with E-state index in [0.29, 0.717) is 12.2 Å². The van der Waals surface area contributed by atoms with Crippen LogP contribution in [0, 0.1) is 0 Å². The van der Waals surface area contributed by atoms with Gasteiger partial charge in [0.05, 0.1) is 18.4 Å². The van der Waals surface area contributed by atoms with Gasteiger partial charge < -0.3 is 31.6 Å². The zero-order valence-electron chi connectivity index (χ0n) is 18.0. The van der Waals surface area contributed by atoms with E-state index in [-0.39, 0.29) is 41.0 Å². The number of fused-ring (bicyclic) bond motifs is 1. The Hall–Kier alpha value is -4.59. The number of amides is 1. The van der Waals surface area contributed by atoms with Crippen molar-refractivity contribution in [3.05, 3.63) is 52.1 Å². The van der Waals surface area contributed by atoms with E-state index in [2.05, 4.69) is 25.3 Å². The molecule has 0 radical (unpaired) electrons. The van der Waals surface area contributed by atoms with Crippen LogP contribution in [0.5, 0.6) is 0 Å². The number of nitrogens with one attached hydrogen (secondary N) is 2. The summed E-state index contributed by atoms with van der Waals surface area (Å²) in [7, 11) is 1.78. The number of aromatic amines is 1. The highest BCUT2D eigenvalue weighted by Gasteiger charge is 2.21. The second-order valence-corrected chi connectivity index (χ2v) is 7.18. The second-order valence-electron chi connectivity index (χ2n) is 7.18. The van der Waals surface area contributed by atoms with E-state index in [1.54, 1.807) is 19.2 Å². The summed E-state index contributed by atoms with van der Waals surface area (Å²) in [6.07, 6.45) is 0.874. The molecule has 8 N–H and O–H groups in total. The first-order chi connectivity index (χ1) is 15.6. The number of carbonyl (C=O) groups excluding carboxylic acids is 1. The molecule has 1 atom stereocenters. The monoisotopic (exact) mass is 473 g/mol. The van der Waals surface area contributed by atoms with Crippen LogP contribution in [-0.2, 0) is 16.1 Å². The summed E-state index contributed by atoms with van der Waals surface area (Å²) in [6, 6.07) is 5.04. The maximum Gasteiger partial charge on any atom is 0.326 e. The van der Waals surface area contributed by atoms with Gasteiger partial charge in [-0.15, -0.1) is 0 Å². The standard InChI is InChI=1S/C20H21N7O6.H2O/c1-27(9-11-8-22-16-15(23-11)18(31)26-20(21)25-16)12-4-2-10(3-5-12)17(30)24-13(19(32)33)6-7-14(28)29;/h2-5,8,13H,6-7,9H2,1H3,(H,24,30)(H,28,29)(H,32,33)(H3,21,22,25,26,31);1H2/t13-;/m0./s1. The molecule has 2 aromatic heterocycles. The van der Waals surface area contributed by atoms with Crippen molar-refractivity contribution in [2.24, 2.45) is 0 Å². The normalized spacial score (nSPS) is 11.3. The van der Waals surface area contributed by atoms with E-state index >= 15 is 0 Å². The Morgan fingerprint density at radius 2 is 1.85 bits per heavy atom. The lowest BCUT2D eigenvalue weighted by Gasteiger charge is -2.19. The van der Waals surface area contributed by atoms with Gasteiger partial charge in [0, 0.05) is 24.7 Å². The highest BCUT2D eigenvalue weighted by Crippen LogP contribution is 2.16. The zero-order valence-corrected chi connectivity index (χ0v) is 18.0. The third-order valence-corrected chi connectivity index (χ3v) is 4.71. The number of nitrogen functional groups attached to an aromatic ring is 1. The molecule has 0 aliphatic rings. The van der Waals surface area contributed by atoms with Crippen molar-refractivity contribution < 1.29 is 30.1 Å². The molecule has 0 fully saturated rings. The molecule has 0 bridgehead atoms. The predicted octanol–water partition coefficient (Wildman–Crippen LogP) is -0.845. The maximum absolute atomic E-state index is 12.4. The van der Waals surface area contributed by atoms with Crippen LogP contribution in [0.2, 0.25) is 0 Å². The molecule has 1 aromatic carbocycles. The quantitative estimate of drug-likeness (QED) is 0.256. The number of anilines is 2. The number of carbonyl (C=O) groups is 3. The van der Waals surface area contributed by atoms with Crippen LogP contribution in [0.25, 0.3) is 11.2 Å². The van der Waals surface area contributed by atoms with Gasteiger partial charge in [0.25, 0.3) is 11.5 Å². The topological polar surface area (TPSA) is 236 Å². The Bertz CT molecular complexity index is 1260.